The molecule has 3 rings (SSSR count). The van der Waals surface area contributed by atoms with Crippen LogP contribution in [0.15, 0.2) is 59.5 Å². The van der Waals surface area contributed by atoms with Crippen LogP contribution in [0.2, 0.25) is 10.0 Å². The van der Waals surface area contributed by atoms with Gasteiger partial charge < -0.3 is 10.1 Å². The summed E-state index contributed by atoms with van der Waals surface area (Å²) in [5, 5.41) is 12.7. The minimum Gasteiger partial charge on any atom is -0.483 e. The highest BCUT2D eigenvalue weighted by Crippen LogP contribution is 2.28. The van der Waals surface area contributed by atoms with Gasteiger partial charge in [0.2, 0.25) is 5.91 Å². The SMILES string of the molecule is Cc1cc(SNC(=O)CBr)ccc1NC(=O)COc1ccc(Cl)cc1C(=O)c1cc(Cl)cc(C#N)c1. The van der Waals surface area contributed by atoms with E-state index in [4.69, 9.17) is 33.2 Å². The molecule has 36 heavy (non-hydrogen) atoms. The Labute approximate surface area is 230 Å². The molecular weight excluding hydrogens is 589 g/mol. The van der Waals surface area contributed by atoms with Crippen molar-refractivity contribution in [3.8, 4) is 11.8 Å². The molecule has 0 unspecified atom stereocenters. The van der Waals surface area contributed by atoms with Gasteiger partial charge in [-0.2, -0.15) is 5.26 Å². The maximum Gasteiger partial charge on any atom is 0.262 e. The van der Waals surface area contributed by atoms with E-state index in [0.717, 1.165) is 10.5 Å². The number of amides is 2. The molecule has 0 aliphatic heterocycles. The van der Waals surface area contributed by atoms with E-state index in [2.05, 4.69) is 26.0 Å². The van der Waals surface area contributed by atoms with Gasteiger partial charge in [0.15, 0.2) is 12.4 Å². The third-order valence-corrected chi connectivity index (χ3v) is 6.49. The van der Waals surface area contributed by atoms with Gasteiger partial charge in [-0.15, -0.1) is 0 Å². The fourth-order valence-corrected chi connectivity index (χ4v) is 4.47. The van der Waals surface area contributed by atoms with E-state index in [9.17, 15) is 14.4 Å². The third kappa shape index (κ3) is 7.48. The number of nitriles is 1. The number of ketones is 1. The number of rotatable bonds is 9. The van der Waals surface area contributed by atoms with Crippen molar-refractivity contribution in [3.05, 3.63) is 86.9 Å². The van der Waals surface area contributed by atoms with Gasteiger partial charge in [-0.05, 0) is 79.0 Å². The van der Waals surface area contributed by atoms with E-state index in [1.165, 1.54) is 42.3 Å². The predicted molar refractivity (Wildman–Crippen MR) is 144 cm³/mol. The first kappa shape index (κ1) is 27.6. The molecule has 0 bridgehead atoms. The molecule has 0 atom stereocenters. The summed E-state index contributed by atoms with van der Waals surface area (Å²) in [5.41, 5.74) is 1.93. The highest BCUT2D eigenvalue weighted by Gasteiger charge is 2.18. The van der Waals surface area contributed by atoms with Crippen LogP contribution in [0.5, 0.6) is 5.75 Å². The number of halogens is 3. The van der Waals surface area contributed by atoms with Crippen LogP contribution in [0.1, 0.15) is 27.0 Å². The number of anilines is 1. The second-order valence-corrected chi connectivity index (χ2v) is 9.70. The van der Waals surface area contributed by atoms with Crippen LogP contribution in [-0.4, -0.2) is 29.5 Å². The molecule has 0 heterocycles. The number of ether oxygens (including phenoxy) is 1. The first-order valence-corrected chi connectivity index (χ1v) is 13.0. The van der Waals surface area contributed by atoms with Gasteiger partial charge in [-0.1, -0.05) is 39.1 Å². The largest absolute Gasteiger partial charge is 0.483 e. The van der Waals surface area contributed by atoms with Crippen LogP contribution in [0.4, 0.5) is 5.69 Å². The van der Waals surface area contributed by atoms with Gasteiger partial charge >= 0.3 is 0 Å². The Kier molecular flexibility index (Phi) is 9.79. The Hall–Kier alpha value is -3.03. The summed E-state index contributed by atoms with van der Waals surface area (Å²) >= 11 is 16.4. The third-order valence-electron chi connectivity index (χ3n) is 4.71. The van der Waals surface area contributed by atoms with Crippen molar-refractivity contribution >= 4 is 74.4 Å². The van der Waals surface area contributed by atoms with Crippen molar-refractivity contribution in [2.24, 2.45) is 0 Å². The highest BCUT2D eigenvalue weighted by atomic mass is 79.9. The number of hydrogen-bond acceptors (Lipinski definition) is 6. The predicted octanol–water partition coefficient (Wildman–Crippen LogP) is 5.94. The van der Waals surface area contributed by atoms with E-state index in [0.29, 0.717) is 10.7 Å². The molecule has 0 spiro atoms. The zero-order chi connectivity index (χ0) is 26.2. The summed E-state index contributed by atoms with van der Waals surface area (Å²) in [4.78, 5) is 37.9. The standard InChI is InChI=1S/C25H18BrCl2N3O4S/c1-14-6-19(36-31-23(32)11-26)3-4-21(14)30-24(33)13-35-22-5-2-17(27)10-20(22)25(34)16-7-15(12-29)8-18(28)9-16/h2-10H,11,13H2,1H3,(H,30,33)(H,31,32). The molecule has 0 aliphatic rings. The van der Waals surface area contributed by atoms with Gasteiger partial charge in [0.1, 0.15) is 5.75 Å². The Morgan fingerprint density at radius 1 is 1.03 bits per heavy atom. The monoisotopic (exact) mass is 605 g/mol. The topological polar surface area (TPSA) is 108 Å². The molecule has 7 nitrogen and oxygen atoms in total. The first-order valence-electron chi connectivity index (χ1n) is 10.3. The van der Waals surface area contributed by atoms with Crippen molar-refractivity contribution in [2.75, 3.05) is 17.3 Å². The average molecular weight is 607 g/mol. The van der Waals surface area contributed by atoms with Crippen molar-refractivity contribution in [2.45, 2.75) is 11.8 Å². The molecule has 3 aromatic carbocycles. The zero-order valence-corrected chi connectivity index (χ0v) is 22.6. The van der Waals surface area contributed by atoms with Crippen LogP contribution >= 0.6 is 51.1 Å². The van der Waals surface area contributed by atoms with Crippen molar-refractivity contribution in [1.29, 1.82) is 5.26 Å². The minimum absolute atomic E-state index is 0.129. The maximum absolute atomic E-state index is 13.1. The van der Waals surface area contributed by atoms with Crippen molar-refractivity contribution in [1.82, 2.24) is 4.72 Å². The number of alkyl halides is 1. The number of carbonyl (C=O) groups is 3. The normalized spacial score (nSPS) is 10.3. The fraction of sp³-hybridized carbons (Fsp3) is 0.120. The molecule has 184 valence electrons. The van der Waals surface area contributed by atoms with Gasteiger partial charge in [0, 0.05) is 26.2 Å². The molecule has 3 aromatic rings. The van der Waals surface area contributed by atoms with E-state index >= 15 is 0 Å². The fourth-order valence-electron chi connectivity index (χ4n) is 3.06. The van der Waals surface area contributed by atoms with Crippen LogP contribution in [0, 0.1) is 18.3 Å². The Balaban J connectivity index is 1.70. The maximum atomic E-state index is 13.1. The summed E-state index contributed by atoms with van der Waals surface area (Å²) in [6, 6.07) is 16.0. The van der Waals surface area contributed by atoms with Crippen LogP contribution in [-0.2, 0) is 9.59 Å². The molecule has 0 saturated heterocycles. The smallest absolute Gasteiger partial charge is 0.262 e. The lowest BCUT2D eigenvalue weighted by Gasteiger charge is -2.13. The number of aryl methyl sites for hydroxylation is 1. The summed E-state index contributed by atoms with van der Waals surface area (Å²) in [5.74, 6) is -0.894. The van der Waals surface area contributed by atoms with Gasteiger partial charge in [0.25, 0.3) is 5.91 Å². The van der Waals surface area contributed by atoms with Gasteiger partial charge in [0.05, 0.1) is 22.5 Å². The van der Waals surface area contributed by atoms with Crippen molar-refractivity contribution < 1.29 is 19.1 Å². The van der Waals surface area contributed by atoms with Gasteiger partial charge in [-0.25, -0.2) is 0 Å². The molecule has 0 aliphatic carbocycles. The van der Waals surface area contributed by atoms with Crippen LogP contribution in [0.25, 0.3) is 0 Å². The molecule has 0 aromatic heterocycles. The second-order valence-electron chi connectivity index (χ2n) is 7.38. The van der Waals surface area contributed by atoms with E-state index < -0.39 is 11.7 Å². The molecule has 0 fully saturated rings. The zero-order valence-electron chi connectivity index (χ0n) is 18.7. The summed E-state index contributed by atoms with van der Waals surface area (Å²) in [7, 11) is 0. The summed E-state index contributed by atoms with van der Waals surface area (Å²) in [6.07, 6.45) is 0. The van der Waals surface area contributed by atoms with E-state index in [1.54, 1.807) is 18.2 Å². The summed E-state index contributed by atoms with van der Waals surface area (Å²) < 4.78 is 8.33. The summed E-state index contributed by atoms with van der Waals surface area (Å²) in [6.45, 7) is 1.46. The lowest BCUT2D eigenvalue weighted by Crippen LogP contribution is -2.21. The van der Waals surface area contributed by atoms with Gasteiger partial charge in [-0.3, -0.25) is 19.1 Å². The molecule has 0 radical (unpaired) electrons. The Bertz CT molecular complexity index is 1380. The lowest BCUT2D eigenvalue weighted by atomic mass is 10.0. The highest BCUT2D eigenvalue weighted by molar-refractivity contribution is 9.09. The number of nitrogens with one attached hydrogen (secondary N) is 2. The Morgan fingerprint density at radius 3 is 2.50 bits per heavy atom. The number of hydrogen-bond donors (Lipinski definition) is 2. The van der Waals surface area contributed by atoms with Crippen LogP contribution < -0.4 is 14.8 Å². The number of nitrogens with zero attached hydrogens (tertiary/aromatic N) is 1. The Morgan fingerprint density at radius 2 is 1.81 bits per heavy atom. The van der Waals surface area contributed by atoms with Crippen molar-refractivity contribution in [3.63, 3.8) is 0 Å². The molecule has 2 amide bonds. The van der Waals surface area contributed by atoms with Crippen LogP contribution in [0.3, 0.4) is 0 Å². The molecular formula is C25H18BrCl2N3O4S. The minimum atomic E-state index is -0.456. The second kappa shape index (κ2) is 12.8. The molecule has 0 saturated carbocycles. The number of benzene rings is 3. The van der Waals surface area contributed by atoms with E-state index in [1.807, 2.05) is 19.1 Å². The molecule has 2 N–H and O–H groups in total. The molecule has 11 heteroatoms. The quantitative estimate of drug-likeness (QED) is 0.177. The van der Waals surface area contributed by atoms with E-state index in [-0.39, 0.29) is 45.3 Å². The average Bonchev–Trinajstić information content (AvgIpc) is 2.86. The first-order chi connectivity index (χ1) is 17.2. The lowest BCUT2D eigenvalue weighted by molar-refractivity contribution is -0.118. The number of carbonyl (C=O) groups excluding carboxylic acids is 3.